The van der Waals surface area contributed by atoms with Crippen LogP contribution >= 0.6 is 31.9 Å². The van der Waals surface area contributed by atoms with E-state index in [1.54, 1.807) is 58.2 Å². The van der Waals surface area contributed by atoms with Gasteiger partial charge in [0.15, 0.2) is 11.2 Å². The van der Waals surface area contributed by atoms with Crippen LogP contribution in [0.5, 0.6) is 11.5 Å². The maximum absolute atomic E-state index is 13.6. The molecule has 10 rings (SSSR count). The Kier molecular flexibility index (Phi) is 11.6. The van der Waals surface area contributed by atoms with E-state index in [-0.39, 0.29) is 37.7 Å². The van der Waals surface area contributed by atoms with Crippen molar-refractivity contribution >= 4 is 53.7 Å². The Morgan fingerprint density at radius 2 is 0.985 bits per heavy atom. The van der Waals surface area contributed by atoms with E-state index in [2.05, 4.69) is 55.2 Å². The average Bonchev–Trinajstić information content (AvgIpc) is 3.82. The van der Waals surface area contributed by atoms with Gasteiger partial charge in [0.05, 0.1) is 57.0 Å². The van der Waals surface area contributed by atoms with Gasteiger partial charge in [-0.25, -0.2) is 18.1 Å². The third-order valence-electron chi connectivity index (χ3n) is 14.4. The molecule has 0 radical (unpaired) electrons. The fourth-order valence-electron chi connectivity index (χ4n) is 10.7. The van der Waals surface area contributed by atoms with E-state index in [1.165, 1.54) is 24.3 Å². The molecule has 0 saturated heterocycles. The van der Waals surface area contributed by atoms with Crippen LogP contribution in [0.3, 0.4) is 0 Å². The van der Waals surface area contributed by atoms with E-state index >= 15 is 0 Å². The third kappa shape index (κ3) is 7.35. The summed E-state index contributed by atoms with van der Waals surface area (Å²) in [6.07, 6.45) is -3.39. The molecule has 66 heavy (non-hydrogen) atoms. The molecule has 0 spiro atoms. The number of nitrogens with zero attached hydrogens (tertiary/aromatic N) is 4. The molecular weight excluding hydrogens is 1010 g/mol. The van der Waals surface area contributed by atoms with Crippen molar-refractivity contribution in [3.63, 3.8) is 0 Å². The summed E-state index contributed by atoms with van der Waals surface area (Å²) < 4.78 is 125. The molecule has 4 heterocycles. The number of alkyl halides is 6. The predicted octanol–water partition coefficient (Wildman–Crippen LogP) is 12.5. The summed E-state index contributed by atoms with van der Waals surface area (Å²) in [4.78, 5) is 0. The minimum atomic E-state index is -4.70. The minimum absolute atomic E-state index is 0.0948. The van der Waals surface area contributed by atoms with Crippen molar-refractivity contribution in [3.05, 3.63) is 130 Å². The van der Waals surface area contributed by atoms with Crippen LogP contribution in [0, 0.1) is 23.5 Å². The van der Waals surface area contributed by atoms with Crippen molar-refractivity contribution < 1.29 is 54.8 Å². The Morgan fingerprint density at radius 3 is 1.32 bits per heavy atom. The molecule has 0 amide bonds. The fraction of sp³-hybridized carbons (Fsp3) is 0.375. The van der Waals surface area contributed by atoms with E-state index in [1.807, 2.05) is 12.1 Å². The molecule has 2 aromatic heterocycles. The number of hydrogen-bond donors (Lipinski definition) is 2. The predicted molar refractivity (Wildman–Crippen MR) is 238 cm³/mol. The number of aromatic nitrogens is 4. The molecule has 0 unspecified atom stereocenters. The molecule has 18 heteroatoms. The molecule has 2 fully saturated rings. The van der Waals surface area contributed by atoms with Gasteiger partial charge in [0.25, 0.3) is 0 Å². The molecule has 0 bridgehead atoms. The highest BCUT2D eigenvalue weighted by Crippen LogP contribution is 2.60. The fourth-order valence-corrected chi connectivity index (χ4v) is 12.2. The summed E-state index contributed by atoms with van der Waals surface area (Å²) in [6.45, 7) is 8.39. The Bertz CT molecular complexity index is 2670. The standard InChI is InChI=1S/2C24H21BrF4N2O2/c2*1-2-22-8-9-23(32,24(27,28)29)12-15(22)7-10-33-21-18(22)11-14-13-30-31(20(14)19(21)25)17-5-3-16(26)4-6-17/h2*2-6,11,13,15,32H,1,7-10,12H2/t2*15-,22-,23-/m10/s1. The van der Waals surface area contributed by atoms with Crippen LogP contribution < -0.4 is 9.47 Å². The number of aliphatic hydroxyl groups is 2. The van der Waals surface area contributed by atoms with Crippen LogP contribution in [0.4, 0.5) is 35.1 Å². The first-order valence-electron chi connectivity index (χ1n) is 21.2. The summed E-state index contributed by atoms with van der Waals surface area (Å²) in [5.74, 6) is -0.637. The zero-order valence-corrected chi connectivity index (χ0v) is 38.2. The summed E-state index contributed by atoms with van der Waals surface area (Å²) in [5.41, 5.74) is -2.79. The Hall–Kier alpha value is -4.78. The van der Waals surface area contributed by atoms with Crippen molar-refractivity contribution in [1.29, 1.82) is 0 Å². The second kappa shape index (κ2) is 16.5. The van der Waals surface area contributed by atoms with Gasteiger partial charge in [-0.05, 0) is 156 Å². The first-order valence-corrected chi connectivity index (χ1v) is 22.8. The highest BCUT2D eigenvalue weighted by molar-refractivity contribution is 9.11. The zero-order valence-electron chi connectivity index (χ0n) is 35.0. The van der Waals surface area contributed by atoms with Crippen molar-refractivity contribution in [2.24, 2.45) is 11.8 Å². The lowest BCUT2D eigenvalue weighted by molar-refractivity contribution is -0.278. The number of rotatable bonds is 4. The van der Waals surface area contributed by atoms with Crippen LogP contribution in [0.25, 0.3) is 33.2 Å². The number of fused-ring (bicyclic) bond motifs is 8. The lowest BCUT2D eigenvalue weighted by atomic mass is 9.58. The molecule has 4 aromatic carbocycles. The summed E-state index contributed by atoms with van der Waals surface area (Å²) >= 11 is 7.29. The lowest BCUT2D eigenvalue weighted by Crippen LogP contribution is -2.54. The van der Waals surface area contributed by atoms with Crippen molar-refractivity contribution in [2.75, 3.05) is 13.2 Å². The van der Waals surface area contributed by atoms with Gasteiger partial charge in [-0.2, -0.15) is 36.5 Å². The van der Waals surface area contributed by atoms with Gasteiger partial charge in [-0.3, -0.25) is 0 Å². The highest BCUT2D eigenvalue weighted by atomic mass is 79.9. The lowest BCUT2D eigenvalue weighted by Gasteiger charge is -2.48. The second-order valence-corrected chi connectivity index (χ2v) is 19.3. The van der Waals surface area contributed by atoms with Crippen LogP contribution in [-0.4, -0.2) is 66.5 Å². The molecule has 2 saturated carbocycles. The Balaban J connectivity index is 0.000000166. The van der Waals surface area contributed by atoms with Gasteiger partial charge >= 0.3 is 12.4 Å². The van der Waals surface area contributed by atoms with Gasteiger partial charge in [0, 0.05) is 32.7 Å². The highest BCUT2D eigenvalue weighted by Gasteiger charge is 2.62. The van der Waals surface area contributed by atoms with Crippen LogP contribution in [-0.2, 0) is 10.8 Å². The monoisotopic (exact) mass is 1050 g/mol. The number of halogens is 10. The Labute approximate surface area is 390 Å². The molecule has 2 aliphatic heterocycles. The SMILES string of the molecule is C=C[C@@]12CC[C@](O)(C(F)(F)F)C[C@H]1CCOc1c2cc2cnn(-c3ccc(F)cc3)c2c1Br.C=C[C@]12CC[C@@](O)(C(F)(F)F)C[C@@H]1CCOc1c2cc2cnn(-c3ccc(F)cc3)c2c1Br. The maximum Gasteiger partial charge on any atom is 0.417 e. The smallest absolute Gasteiger partial charge is 0.417 e. The molecule has 6 atom stereocenters. The molecule has 8 nitrogen and oxygen atoms in total. The number of benzene rings is 4. The number of allylic oxidation sites excluding steroid dienone is 2. The van der Waals surface area contributed by atoms with Gasteiger partial charge in [-0.15, -0.1) is 13.2 Å². The normalized spacial score (nSPS) is 27.4. The third-order valence-corrected chi connectivity index (χ3v) is 15.9. The van der Waals surface area contributed by atoms with Gasteiger partial charge in [0.1, 0.15) is 23.1 Å². The van der Waals surface area contributed by atoms with Crippen LogP contribution in [0.1, 0.15) is 62.5 Å². The largest absolute Gasteiger partial charge is 0.492 e. The first-order chi connectivity index (χ1) is 31.2. The summed E-state index contributed by atoms with van der Waals surface area (Å²) in [7, 11) is 0. The van der Waals surface area contributed by atoms with Gasteiger partial charge in [-0.1, -0.05) is 12.2 Å². The Morgan fingerprint density at radius 1 is 0.621 bits per heavy atom. The molecule has 348 valence electrons. The van der Waals surface area contributed by atoms with Crippen LogP contribution in [0.2, 0.25) is 0 Å². The number of ether oxygens (including phenoxy) is 2. The molecular formula is C48H42Br2F8N4O4. The van der Waals surface area contributed by atoms with E-state index in [4.69, 9.17) is 9.47 Å². The average molecular weight is 1050 g/mol. The zero-order chi connectivity index (χ0) is 47.2. The topological polar surface area (TPSA) is 94.6 Å². The number of hydrogen-bond acceptors (Lipinski definition) is 6. The summed E-state index contributed by atoms with van der Waals surface area (Å²) in [5, 5.41) is 31.3. The van der Waals surface area contributed by atoms with Crippen molar-refractivity contribution in [1.82, 2.24) is 19.6 Å². The van der Waals surface area contributed by atoms with Crippen LogP contribution in [0.15, 0.2) is 107 Å². The molecule has 6 aromatic rings. The van der Waals surface area contributed by atoms with Gasteiger partial charge < -0.3 is 19.7 Å². The quantitative estimate of drug-likeness (QED) is 0.135. The molecule has 4 aliphatic rings. The van der Waals surface area contributed by atoms with E-state index < -0.39 is 71.9 Å². The summed E-state index contributed by atoms with van der Waals surface area (Å²) in [6, 6.07) is 15.6. The second-order valence-electron chi connectivity index (χ2n) is 17.7. The molecule has 2 aliphatic carbocycles. The first kappa shape index (κ1) is 46.3. The minimum Gasteiger partial charge on any atom is -0.492 e. The van der Waals surface area contributed by atoms with Gasteiger partial charge in [0.2, 0.25) is 0 Å². The van der Waals surface area contributed by atoms with E-state index in [0.29, 0.717) is 55.7 Å². The van der Waals surface area contributed by atoms with E-state index in [9.17, 15) is 45.3 Å². The van der Waals surface area contributed by atoms with Crippen molar-refractivity contribution in [2.45, 2.75) is 85.8 Å². The molecule has 2 N–H and O–H groups in total. The van der Waals surface area contributed by atoms with Crippen molar-refractivity contribution in [3.8, 4) is 22.9 Å². The van der Waals surface area contributed by atoms with E-state index in [0.717, 1.165) is 21.9 Å². The maximum atomic E-state index is 13.6.